The Morgan fingerprint density at radius 3 is 1.25 bits per heavy atom. The van der Waals surface area contributed by atoms with E-state index in [1.807, 2.05) is 21.1 Å². The second kappa shape index (κ2) is 49.4. The van der Waals surface area contributed by atoms with Gasteiger partial charge in [0, 0.05) is 13.0 Å². The van der Waals surface area contributed by atoms with Gasteiger partial charge in [-0.1, -0.05) is 244 Å². The lowest BCUT2D eigenvalue weighted by Gasteiger charge is -2.28. The standard InChI is InChI=1S/C56H110NO7P/c1-6-8-10-12-14-16-18-20-22-24-26-27-28-29-30-31-32-33-35-37-39-41-43-45-47-49-56(58)64-55(54-63-65(59,60)62-52-50-57(3,4)5)53-61-51-48-46-44-42-40-38-36-34-25-23-21-19-17-15-13-11-9-7-2/h18,20,24,26,55H,6-17,19,21-23,25,27-54H2,1-5H3/b20-18-,26-24-. The second-order valence-corrected chi connectivity index (χ2v) is 21.7. The summed E-state index contributed by atoms with van der Waals surface area (Å²) in [7, 11) is 1.37. The molecular formula is C56H110NO7P. The monoisotopic (exact) mass is 940 g/mol. The van der Waals surface area contributed by atoms with E-state index in [9.17, 15) is 14.3 Å². The Labute approximate surface area is 404 Å². The third-order valence-corrected chi connectivity index (χ3v) is 13.5. The van der Waals surface area contributed by atoms with Gasteiger partial charge in [0.1, 0.15) is 19.3 Å². The van der Waals surface area contributed by atoms with Crippen molar-refractivity contribution in [3.8, 4) is 0 Å². The summed E-state index contributed by atoms with van der Waals surface area (Å²) in [4.78, 5) is 25.2. The number of esters is 1. The molecule has 2 unspecified atom stereocenters. The van der Waals surface area contributed by atoms with Gasteiger partial charge >= 0.3 is 5.97 Å². The van der Waals surface area contributed by atoms with Crippen LogP contribution in [-0.4, -0.2) is 70.7 Å². The number of likely N-dealkylation sites (N-methyl/N-ethyl adjacent to an activating group) is 1. The van der Waals surface area contributed by atoms with Crippen LogP contribution in [0, 0.1) is 0 Å². The van der Waals surface area contributed by atoms with Gasteiger partial charge in [0.2, 0.25) is 0 Å². The van der Waals surface area contributed by atoms with Crippen molar-refractivity contribution in [1.82, 2.24) is 0 Å². The molecule has 0 aliphatic carbocycles. The summed E-state index contributed by atoms with van der Waals surface area (Å²) in [5, 5.41) is 0. The number of nitrogens with zero attached hydrogens (tertiary/aromatic N) is 1. The smallest absolute Gasteiger partial charge is 0.306 e. The zero-order valence-electron chi connectivity index (χ0n) is 44.0. The van der Waals surface area contributed by atoms with E-state index in [0.717, 1.165) is 38.5 Å². The normalized spacial score (nSPS) is 13.6. The highest BCUT2D eigenvalue weighted by atomic mass is 31.2. The number of phosphoric acid groups is 1. The number of rotatable bonds is 53. The predicted molar refractivity (Wildman–Crippen MR) is 277 cm³/mol. The van der Waals surface area contributed by atoms with E-state index in [1.54, 1.807) is 0 Å². The van der Waals surface area contributed by atoms with Crippen molar-refractivity contribution < 1.29 is 37.3 Å². The molecule has 0 aromatic carbocycles. The summed E-state index contributed by atoms with van der Waals surface area (Å²) in [6, 6.07) is 0. The Kier molecular flexibility index (Phi) is 48.6. The molecule has 0 amide bonds. The zero-order chi connectivity index (χ0) is 47.6. The first-order valence-corrected chi connectivity index (χ1v) is 29.5. The lowest BCUT2D eigenvalue weighted by molar-refractivity contribution is -0.870. The van der Waals surface area contributed by atoms with Crippen LogP contribution in [0.15, 0.2) is 24.3 Å². The molecule has 0 saturated heterocycles. The highest BCUT2D eigenvalue weighted by Gasteiger charge is 2.20. The van der Waals surface area contributed by atoms with Gasteiger partial charge in [0.05, 0.1) is 34.4 Å². The number of unbranched alkanes of at least 4 members (excludes halogenated alkanes) is 35. The number of hydrogen-bond acceptors (Lipinski definition) is 7. The van der Waals surface area contributed by atoms with E-state index in [0.29, 0.717) is 24.1 Å². The summed E-state index contributed by atoms with van der Waals surface area (Å²) in [5.74, 6) is -0.329. The maximum absolute atomic E-state index is 12.8. The number of carbonyl (C=O) groups excluding carboxylic acids is 1. The summed E-state index contributed by atoms with van der Waals surface area (Å²) in [6.07, 6.45) is 59.2. The van der Waals surface area contributed by atoms with Crippen molar-refractivity contribution in [1.29, 1.82) is 0 Å². The van der Waals surface area contributed by atoms with Crippen LogP contribution in [0.2, 0.25) is 0 Å². The maximum atomic E-state index is 12.8. The van der Waals surface area contributed by atoms with Crippen LogP contribution in [-0.2, 0) is 27.9 Å². The van der Waals surface area contributed by atoms with Crippen molar-refractivity contribution in [2.75, 3.05) is 54.1 Å². The molecule has 0 spiro atoms. The van der Waals surface area contributed by atoms with Gasteiger partial charge in [0.25, 0.3) is 7.82 Å². The fourth-order valence-corrected chi connectivity index (χ4v) is 8.90. The van der Waals surface area contributed by atoms with Crippen LogP contribution in [0.5, 0.6) is 0 Å². The van der Waals surface area contributed by atoms with E-state index >= 15 is 0 Å². The molecule has 0 radical (unpaired) electrons. The van der Waals surface area contributed by atoms with Gasteiger partial charge < -0.3 is 27.9 Å². The van der Waals surface area contributed by atoms with Crippen LogP contribution < -0.4 is 4.89 Å². The molecule has 65 heavy (non-hydrogen) atoms. The molecule has 0 aromatic heterocycles. The largest absolute Gasteiger partial charge is 0.756 e. The maximum Gasteiger partial charge on any atom is 0.306 e. The molecule has 0 aliphatic heterocycles. The van der Waals surface area contributed by atoms with Crippen LogP contribution >= 0.6 is 7.82 Å². The third kappa shape index (κ3) is 53.8. The minimum Gasteiger partial charge on any atom is -0.756 e. The van der Waals surface area contributed by atoms with Crippen LogP contribution in [0.1, 0.15) is 271 Å². The van der Waals surface area contributed by atoms with E-state index in [-0.39, 0.29) is 25.8 Å². The average Bonchev–Trinajstić information content (AvgIpc) is 3.27. The predicted octanol–water partition coefficient (Wildman–Crippen LogP) is 16.9. The lowest BCUT2D eigenvalue weighted by atomic mass is 10.0. The molecule has 0 saturated carbocycles. The molecule has 0 heterocycles. The first-order chi connectivity index (χ1) is 31.6. The Balaban J connectivity index is 4.04. The molecule has 0 aliphatic rings. The average molecular weight is 940 g/mol. The van der Waals surface area contributed by atoms with Crippen LogP contribution in [0.25, 0.3) is 0 Å². The fraction of sp³-hybridized carbons (Fsp3) is 0.911. The van der Waals surface area contributed by atoms with Gasteiger partial charge in [-0.25, -0.2) is 0 Å². The van der Waals surface area contributed by atoms with Gasteiger partial charge in [-0.3, -0.25) is 9.36 Å². The molecule has 0 rings (SSSR count). The summed E-state index contributed by atoms with van der Waals surface area (Å²) in [5.41, 5.74) is 0. The highest BCUT2D eigenvalue weighted by molar-refractivity contribution is 7.45. The second-order valence-electron chi connectivity index (χ2n) is 20.3. The Hall–Kier alpha value is -1.02. The van der Waals surface area contributed by atoms with Gasteiger partial charge in [0.15, 0.2) is 0 Å². The van der Waals surface area contributed by atoms with Crippen molar-refractivity contribution in [3.63, 3.8) is 0 Å². The van der Waals surface area contributed by atoms with Crippen LogP contribution in [0.4, 0.5) is 0 Å². The summed E-state index contributed by atoms with van der Waals surface area (Å²) < 4.78 is 34.8. The number of phosphoric ester groups is 1. The van der Waals surface area contributed by atoms with Gasteiger partial charge in [-0.2, -0.15) is 0 Å². The molecular weight excluding hydrogens is 830 g/mol. The first-order valence-electron chi connectivity index (χ1n) is 28.1. The number of allylic oxidation sites excluding steroid dienone is 4. The Bertz CT molecular complexity index is 1090. The number of carbonyl (C=O) groups is 1. The highest BCUT2D eigenvalue weighted by Crippen LogP contribution is 2.38. The molecule has 8 nitrogen and oxygen atoms in total. The number of hydrogen-bond donors (Lipinski definition) is 0. The van der Waals surface area contributed by atoms with Crippen molar-refractivity contribution in [3.05, 3.63) is 24.3 Å². The Morgan fingerprint density at radius 2 is 0.846 bits per heavy atom. The number of quaternary nitrogens is 1. The third-order valence-electron chi connectivity index (χ3n) is 12.5. The minimum atomic E-state index is -4.53. The van der Waals surface area contributed by atoms with E-state index in [4.69, 9.17) is 18.5 Å². The SMILES string of the molecule is CCCCCCC/C=C\C/C=C\CCCCCCCCCCCCCCCC(=O)OC(COCCCCCCCCCCCCCCCCCCCC)COP(=O)([O-])OCC[N+](C)(C)C. The fourth-order valence-electron chi connectivity index (χ4n) is 8.17. The van der Waals surface area contributed by atoms with E-state index < -0.39 is 13.9 Å². The quantitative estimate of drug-likeness (QED) is 0.0197. The molecule has 0 bridgehead atoms. The van der Waals surface area contributed by atoms with Crippen molar-refractivity contribution >= 4 is 13.8 Å². The summed E-state index contributed by atoms with van der Waals surface area (Å²) >= 11 is 0. The molecule has 9 heteroatoms. The topological polar surface area (TPSA) is 94.1 Å². The number of ether oxygens (including phenoxy) is 2. The molecule has 0 fully saturated rings. The van der Waals surface area contributed by atoms with Crippen molar-refractivity contribution in [2.24, 2.45) is 0 Å². The van der Waals surface area contributed by atoms with Gasteiger partial charge in [-0.05, 0) is 44.9 Å². The van der Waals surface area contributed by atoms with E-state index in [1.165, 1.54) is 212 Å². The Morgan fingerprint density at radius 1 is 0.477 bits per heavy atom. The molecule has 2 atom stereocenters. The van der Waals surface area contributed by atoms with E-state index in [2.05, 4.69) is 38.2 Å². The minimum absolute atomic E-state index is 0.0289. The summed E-state index contributed by atoms with van der Waals surface area (Å²) in [6.45, 7) is 5.47. The molecule has 0 N–H and O–H groups in total. The molecule has 0 aromatic rings. The van der Waals surface area contributed by atoms with Gasteiger partial charge in [-0.15, -0.1) is 0 Å². The van der Waals surface area contributed by atoms with Crippen molar-refractivity contribution in [2.45, 2.75) is 277 Å². The van der Waals surface area contributed by atoms with Crippen LogP contribution in [0.3, 0.4) is 0 Å². The zero-order valence-corrected chi connectivity index (χ0v) is 44.9. The first kappa shape index (κ1) is 64.0. The lowest BCUT2D eigenvalue weighted by Crippen LogP contribution is -2.37. The molecule has 386 valence electrons.